The van der Waals surface area contributed by atoms with Crippen molar-refractivity contribution in [1.82, 2.24) is 0 Å². The lowest BCUT2D eigenvalue weighted by atomic mass is 10.0. The molecule has 1 heterocycles. The molecule has 68 valence electrons. The quantitative estimate of drug-likeness (QED) is 0.562. The third kappa shape index (κ3) is 1.68. The fourth-order valence-electron chi connectivity index (χ4n) is 1.32. The van der Waals surface area contributed by atoms with E-state index >= 15 is 0 Å². The highest BCUT2D eigenvalue weighted by Gasteiger charge is 2.36. The van der Waals surface area contributed by atoms with Crippen LogP contribution in [-0.2, 0) is 9.53 Å². The van der Waals surface area contributed by atoms with Crippen LogP contribution in [0.5, 0.6) is 0 Å². The largest absolute Gasteiger partial charge is 0.484 e. The highest BCUT2D eigenvalue weighted by molar-refractivity contribution is 5.96. The summed E-state index contributed by atoms with van der Waals surface area (Å²) in [6.07, 6.45) is 1.40. The van der Waals surface area contributed by atoms with Crippen molar-refractivity contribution in [3.05, 3.63) is 11.3 Å². The summed E-state index contributed by atoms with van der Waals surface area (Å²) in [5, 5.41) is 0. The third-order valence-electron chi connectivity index (χ3n) is 2.14. The highest BCUT2D eigenvalue weighted by atomic mass is 16.5. The molecule has 2 nitrogen and oxygen atoms in total. The molecule has 1 aliphatic rings. The summed E-state index contributed by atoms with van der Waals surface area (Å²) in [6.45, 7) is 7.88. The van der Waals surface area contributed by atoms with Gasteiger partial charge in [0.05, 0.1) is 6.42 Å². The van der Waals surface area contributed by atoms with E-state index in [1.165, 1.54) is 0 Å². The van der Waals surface area contributed by atoms with E-state index in [0.29, 0.717) is 12.2 Å². The van der Waals surface area contributed by atoms with Crippen LogP contribution in [0.1, 0.15) is 40.5 Å². The Labute approximate surface area is 73.6 Å². The lowest BCUT2D eigenvalue weighted by Crippen LogP contribution is -2.16. The van der Waals surface area contributed by atoms with Gasteiger partial charge in [-0.15, -0.1) is 0 Å². The van der Waals surface area contributed by atoms with Crippen LogP contribution in [-0.4, -0.2) is 11.4 Å². The molecule has 0 atom stereocenters. The minimum absolute atomic E-state index is 0.152. The van der Waals surface area contributed by atoms with Crippen molar-refractivity contribution in [1.29, 1.82) is 0 Å². The lowest BCUT2D eigenvalue weighted by molar-refractivity contribution is -0.115. The molecule has 0 aromatic heterocycles. The second-order valence-corrected chi connectivity index (χ2v) is 3.92. The number of rotatable bonds is 1. The number of ether oxygens (including phenoxy) is 1. The molecule has 12 heavy (non-hydrogen) atoms. The molecule has 0 bridgehead atoms. The zero-order chi connectivity index (χ0) is 9.35. The Bertz CT molecular complexity index is 236. The molecular weight excluding hydrogens is 152 g/mol. The summed E-state index contributed by atoms with van der Waals surface area (Å²) in [5.74, 6) is 0.752. The number of Topliss-reactive ketones (excluding diaryl/α,β-unsaturated/α-hetero) is 1. The summed E-state index contributed by atoms with van der Waals surface area (Å²) >= 11 is 0. The monoisotopic (exact) mass is 168 g/mol. The standard InChI is InChI=1S/C10H16O2/c1-5-7(2)9-8(11)6-10(3,4)12-9/h5-6H2,1-4H3/b9-7+. The Hall–Kier alpha value is -0.790. The third-order valence-corrected chi connectivity index (χ3v) is 2.14. The van der Waals surface area contributed by atoms with E-state index in [-0.39, 0.29) is 11.4 Å². The van der Waals surface area contributed by atoms with Gasteiger partial charge in [-0.05, 0) is 32.8 Å². The predicted molar refractivity (Wildman–Crippen MR) is 47.8 cm³/mol. The number of allylic oxidation sites excluding steroid dienone is 2. The molecule has 1 fully saturated rings. The molecule has 1 aliphatic heterocycles. The maximum Gasteiger partial charge on any atom is 0.201 e. The van der Waals surface area contributed by atoms with E-state index in [2.05, 4.69) is 0 Å². The number of hydrogen-bond donors (Lipinski definition) is 0. The normalized spacial score (nSPS) is 25.5. The zero-order valence-electron chi connectivity index (χ0n) is 8.23. The molecule has 0 aliphatic carbocycles. The van der Waals surface area contributed by atoms with Crippen molar-refractivity contribution in [2.24, 2.45) is 0 Å². The van der Waals surface area contributed by atoms with E-state index in [1.807, 2.05) is 27.7 Å². The van der Waals surface area contributed by atoms with Crippen molar-refractivity contribution < 1.29 is 9.53 Å². The van der Waals surface area contributed by atoms with Gasteiger partial charge in [-0.1, -0.05) is 6.92 Å². The molecule has 0 saturated carbocycles. The lowest BCUT2D eigenvalue weighted by Gasteiger charge is -2.16. The SMILES string of the molecule is CC/C(C)=C1/OC(C)(C)CC1=O. The second-order valence-electron chi connectivity index (χ2n) is 3.92. The second kappa shape index (κ2) is 2.92. The fraction of sp³-hybridized carbons (Fsp3) is 0.700. The molecule has 2 heteroatoms. The summed E-state index contributed by atoms with van der Waals surface area (Å²) in [6, 6.07) is 0. The topological polar surface area (TPSA) is 26.3 Å². The summed E-state index contributed by atoms with van der Waals surface area (Å²) in [7, 11) is 0. The molecule has 0 N–H and O–H groups in total. The molecule has 1 saturated heterocycles. The number of hydrogen-bond acceptors (Lipinski definition) is 2. The van der Waals surface area contributed by atoms with E-state index in [4.69, 9.17) is 4.74 Å². The van der Waals surface area contributed by atoms with Gasteiger partial charge in [0.25, 0.3) is 0 Å². The van der Waals surface area contributed by atoms with Crippen LogP contribution in [0, 0.1) is 0 Å². The first-order valence-electron chi connectivity index (χ1n) is 4.38. The van der Waals surface area contributed by atoms with Crippen LogP contribution < -0.4 is 0 Å². The molecule has 0 aromatic rings. The van der Waals surface area contributed by atoms with Gasteiger partial charge in [0.1, 0.15) is 5.60 Å². The predicted octanol–water partition coefficient (Wildman–Crippen LogP) is 2.44. The Morgan fingerprint density at radius 3 is 2.50 bits per heavy atom. The average molecular weight is 168 g/mol. The van der Waals surface area contributed by atoms with Crippen molar-refractivity contribution in [2.45, 2.75) is 46.1 Å². The van der Waals surface area contributed by atoms with Gasteiger partial charge in [0.15, 0.2) is 5.76 Å². The summed E-state index contributed by atoms with van der Waals surface area (Å²) in [4.78, 5) is 11.4. The van der Waals surface area contributed by atoms with E-state index < -0.39 is 0 Å². The molecular formula is C10H16O2. The maximum atomic E-state index is 11.4. The Kier molecular flexibility index (Phi) is 2.27. The van der Waals surface area contributed by atoms with Gasteiger partial charge < -0.3 is 4.74 Å². The molecule has 0 unspecified atom stereocenters. The van der Waals surface area contributed by atoms with Crippen LogP contribution in [0.4, 0.5) is 0 Å². The maximum absolute atomic E-state index is 11.4. The molecule has 1 rings (SSSR count). The molecule has 0 aromatic carbocycles. The van der Waals surface area contributed by atoms with Crippen molar-refractivity contribution in [3.8, 4) is 0 Å². The van der Waals surface area contributed by atoms with Crippen LogP contribution in [0.2, 0.25) is 0 Å². The Morgan fingerprint density at radius 1 is 1.58 bits per heavy atom. The molecule has 0 amide bonds. The van der Waals surface area contributed by atoms with Gasteiger partial charge in [-0.3, -0.25) is 4.79 Å². The number of carbonyl (C=O) groups is 1. The first-order chi connectivity index (χ1) is 5.46. The number of ketones is 1. The van der Waals surface area contributed by atoms with Gasteiger partial charge in [-0.25, -0.2) is 0 Å². The first-order valence-corrected chi connectivity index (χ1v) is 4.38. The van der Waals surface area contributed by atoms with Crippen molar-refractivity contribution in [3.63, 3.8) is 0 Å². The summed E-state index contributed by atoms with van der Waals surface area (Å²) < 4.78 is 5.54. The minimum atomic E-state index is -0.289. The van der Waals surface area contributed by atoms with Crippen molar-refractivity contribution in [2.75, 3.05) is 0 Å². The van der Waals surface area contributed by atoms with Gasteiger partial charge in [0.2, 0.25) is 5.78 Å². The fourth-order valence-corrected chi connectivity index (χ4v) is 1.32. The van der Waals surface area contributed by atoms with E-state index in [1.54, 1.807) is 0 Å². The van der Waals surface area contributed by atoms with Gasteiger partial charge in [-0.2, -0.15) is 0 Å². The first kappa shape index (κ1) is 9.30. The van der Waals surface area contributed by atoms with Crippen LogP contribution >= 0.6 is 0 Å². The minimum Gasteiger partial charge on any atom is -0.484 e. The van der Waals surface area contributed by atoms with E-state index in [9.17, 15) is 4.79 Å². The average Bonchev–Trinajstić information content (AvgIpc) is 2.23. The zero-order valence-corrected chi connectivity index (χ0v) is 8.23. The van der Waals surface area contributed by atoms with Crippen molar-refractivity contribution >= 4 is 5.78 Å². The van der Waals surface area contributed by atoms with Gasteiger partial charge in [0, 0.05) is 0 Å². The van der Waals surface area contributed by atoms with Crippen LogP contribution in [0.15, 0.2) is 11.3 Å². The van der Waals surface area contributed by atoms with Gasteiger partial charge >= 0.3 is 0 Å². The molecule has 0 spiro atoms. The van der Waals surface area contributed by atoms with Crippen LogP contribution in [0.25, 0.3) is 0 Å². The smallest absolute Gasteiger partial charge is 0.201 e. The Morgan fingerprint density at radius 2 is 2.17 bits per heavy atom. The van der Waals surface area contributed by atoms with Crippen LogP contribution in [0.3, 0.4) is 0 Å². The summed E-state index contributed by atoms with van der Waals surface area (Å²) in [5.41, 5.74) is 0.772. The highest BCUT2D eigenvalue weighted by Crippen LogP contribution is 2.31. The molecule has 0 radical (unpaired) electrons. The number of carbonyl (C=O) groups excluding carboxylic acids is 1. The Balaban J connectivity index is 2.91. The van der Waals surface area contributed by atoms with E-state index in [0.717, 1.165) is 12.0 Å².